The van der Waals surface area contributed by atoms with Gasteiger partial charge in [-0.3, -0.25) is 0 Å². The van der Waals surface area contributed by atoms with Crippen molar-refractivity contribution in [3.8, 4) is 0 Å². The quantitative estimate of drug-likeness (QED) is 0.803. The van der Waals surface area contributed by atoms with Crippen LogP contribution in [-0.4, -0.2) is 26.9 Å². The molecule has 2 rings (SSSR count). The van der Waals surface area contributed by atoms with Crippen LogP contribution >= 0.6 is 10.7 Å². The summed E-state index contributed by atoms with van der Waals surface area (Å²) in [5.41, 5.74) is 2.34. The molecule has 0 saturated carbocycles. The molecule has 0 unspecified atom stereocenters. The lowest BCUT2D eigenvalue weighted by Gasteiger charge is -2.29. The fraction of sp³-hybridized carbons (Fsp3) is 0.538. The Labute approximate surface area is 113 Å². The van der Waals surface area contributed by atoms with E-state index in [0.717, 1.165) is 0 Å². The predicted molar refractivity (Wildman–Crippen MR) is 72.4 cm³/mol. The van der Waals surface area contributed by atoms with Crippen LogP contribution in [0, 0.1) is 12.8 Å². The summed E-state index contributed by atoms with van der Waals surface area (Å²) in [4.78, 5) is 0. The van der Waals surface area contributed by atoms with Crippen molar-refractivity contribution < 1.29 is 13.2 Å². The first kappa shape index (κ1) is 13.8. The molecule has 0 bridgehead atoms. The molecule has 1 aliphatic rings. The normalized spacial score (nSPS) is 25.0. The van der Waals surface area contributed by atoms with Crippen molar-refractivity contribution in [3.05, 3.63) is 35.4 Å². The SMILES string of the molecule is Cc1ccccc1C[C@@H]1COCC[C@@H]1S(=O)(=O)Cl. The van der Waals surface area contributed by atoms with Crippen LogP contribution in [0.4, 0.5) is 0 Å². The van der Waals surface area contributed by atoms with Gasteiger partial charge < -0.3 is 4.74 Å². The average molecular weight is 289 g/mol. The minimum atomic E-state index is -3.52. The molecule has 3 nitrogen and oxygen atoms in total. The summed E-state index contributed by atoms with van der Waals surface area (Å²) in [5.74, 6) is -0.0534. The van der Waals surface area contributed by atoms with Gasteiger partial charge in [-0.2, -0.15) is 0 Å². The maximum Gasteiger partial charge on any atom is 0.235 e. The first-order valence-electron chi connectivity index (χ1n) is 6.04. The Bertz CT molecular complexity index is 513. The van der Waals surface area contributed by atoms with Crippen molar-refractivity contribution in [3.63, 3.8) is 0 Å². The zero-order valence-corrected chi connectivity index (χ0v) is 11.9. The number of benzene rings is 1. The fourth-order valence-electron chi connectivity index (χ4n) is 2.46. The van der Waals surface area contributed by atoms with Crippen molar-refractivity contribution in [1.29, 1.82) is 0 Å². The molecule has 18 heavy (non-hydrogen) atoms. The maximum absolute atomic E-state index is 11.6. The smallest absolute Gasteiger partial charge is 0.235 e. The van der Waals surface area contributed by atoms with E-state index < -0.39 is 14.3 Å². The van der Waals surface area contributed by atoms with Gasteiger partial charge in [-0.1, -0.05) is 24.3 Å². The van der Waals surface area contributed by atoms with Gasteiger partial charge in [0, 0.05) is 23.2 Å². The fourth-order valence-corrected chi connectivity index (χ4v) is 4.18. The van der Waals surface area contributed by atoms with Crippen LogP contribution in [0.5, 0.6) is 0 Å². The molecular formula is C13H17ClO3S. The van der Waals surface area contributed by atoms with E-state index in [1.165, 1.54) is 11.1 Å². The zero-order valence-electron chi connectivity index (χ0n) is 10.3. The molecule has 0 amide bonds. The van der Waals surface area contributed by atoms with Crippen LogP contribution in [0.25, 0.3) is 0 Å². The molecule has 0 aliphatic carbocycles. The average Bonchev–Trinajstić information content (AvgIpc) is 2.31. The van der Waals surface area contributed by atoms with Crippen molar-refractivity contribution in [1.82, 2.24) is 0 Å². The molecule has 0 N–H and O–H groups in total. The van der Waals surface area contributed by atoms with Crippen LogP contribution < -0.4 is 0 Å². The first-order valence-corrected chi connectivity index (χ1v) is 8.41. The Morgan fingerprint density at radius 3 is 2.78 bits per heavy atom. The highest BCUT2D eigenvalue weighted by atomic mass is 35.7. The van der Waals surface area contributed by atoms with E-state index >= 15 is 0 Å². The molecule has 1 aromatic carbocycles. The van der Waals surface area contributed by atoms with Gasteiger partial charge in [0.1, 0.15) is 0 Å². The molecule has 1 heterocycles. The molecule has 1 fully saturated rings. The third kappa shape index (κ3) is 3.25. The van der Waals surface area contributed by atoms with Crippen LogP contribution in [0.15, 0.2) is 24.3 Å². The molecule has 1 aliphatic heterocycles. The molecule has 0 radical (unpaired) electrons. The Morgan fingerprint density at radius 2 is 2.11 bits per heavy atom. The summed E-state index contributed by atoms with van der Waals surface area (Å²) in [6, 6.07) is 8.01. The van der Waals surface area contributed by atoms with E-state index in [-0.39, 0.29) is 5.92 Å². The number of hydrogen-bond acceptors (Lipinski definition) is 3. The van der Waals surface area contributed by atoms with E-state index in [2.05, 4.69) is 0 Å². The van der Waals surface area contributed by atoms with Gasteiger partial charge >= 0.3 is 0 Å². The second-order valence-corrected chi connectivity index (χ2v) is 7.62. The van der Waals surface area contributed by atoms with E-state index in [1.54, 1.807) is 0 Å². The monoisotopic (exact) mass is 288 g/mol. The molecule has 0 aromatic heterocycles. The van der Waals surface area contributed by atoms with Crippen molar-refractivity contribution in [2.75, 3.05) is 13.2 Å². The van der Waals surface area contributed by atoms with E-state index in [0.29, 0.717) is 26.1 Å². The van der Waals surface area contributed by atoms with Crippen molar-refractivity contribution in [2.24, 2.45) is 5.92 Å². The number of hydrogen-bond donors (Lipinski definition) is 0. The van der Waals surface area contributed by atoms with Gasteiger partial charge in [0.2, 0.25) is 9.05 Å². The van der Waals surface area contributed by atoms with E-state index in [9.17, 15) is 8.42 Å². The molecule has 1 aromatic rings. The standard InChI is InChI=1S/C13H17ClO3S/c1-10-4-2-3-5-11(10)8-12-9-17-7-6-13(12)18(14,15)16/h2-5,12-13H,6-9H2,1H3/t12-,13+/m1/s1. The number of aryl methyl sites for hydroxylation is 1. The zero-order chi connectivity index (χ0) is 13.2. The second-order valence-electron chi connectivity index (χ2n) is 4.77. The van der Waals surface area contributed by atoms with Crippen LogP contribution in [0.3, 0.4) is 0 Å². The van der Waals surface area contributed by atoms with Crippen LogP contribution in [0.2, 0.25) is 0 Å². The second kappa shape index (κ2) is 5.59. The van der Waals surface area contributed by atoms with Crippen LogP contribution in [-0.2, 0) is 20.2 Å². The summed E-state index contributed by atoms with van der Waals surface area (Å²) >= 11 is 0. The van der Waals surface area contributed by atoms with E-state index in [1.807, 2.05) is 31.2 Å². The molecule has 100 valence electrons. The van der Waals surface area contributed by atoms with Gasteiger partial charge in [-0.25, -0.2) is 8.42 Å². The van der Waals surface area contributed by atoms with Crippen molar-refractivity contribution in [2.45, 2.75) is 25.0 Å². The third-order valence-electron chi connectivity index (χ3n) is 3.51. The Morgan fingerprint density at radius 1 is 1.39 bits per heavy atom. The third-order valence-corrected chi connectivity index (χ3v) is 5.54. The van der Waals surface area contributed by atoms with Gasteiger partial charge in [0.25, 0.3) is 0 Å². The Kier molecular flexibility index (Phi) is 4.30. The summed E-state index contributed by atoms with van der Waals surface area (Å²) in [6.07, 6.45) is 1.19. The highest BCUT2D eigenvalue weighted by molar-refractivity contribution is 8.14. The molecule has 0 spiro atoms. The highest BCUT2D eigenvalue weighted by Crippen LogP contribution is 2.28. The predicted octanol–water partition coefficient (Wildman–Crippen LogP) is 2.51. The minimum absolute atomic E-state index is 0.0534. The molecule has 5 heteroatoms. The maximum atomic E-state index is 11.6. The van der Waals surface area contributed by atoms with Gasteiger partial charge in [0.05, 0.1) is 11.9 Å². The number of ether oxygens (including phenoxy) is 1. The topological polar surface area (TPSA) is 43.4 Å². The summed E-state index contributed by atoms with van der Waals surface area (Å²) in [5, 5.41) is -0.493. The summed E-state index contributed by atoms with van der Waals surface area (Å²) in [6.45, 7) is 2.97. The van der Waals surface area contributed by atoms with Gasteiger partial charge in [-0.05, 0) is 30.9 Å². The van der Waals surface area contributed by atoms with Gasteiger partial charge in [0.15, 0.2) is 0 Å². The largest absolute Gasteiger partial charge is 0.381 e. The van der Waals surface area contributed by atoms with E-state index in [4.69, 9.17) is 15.4 Å². The minimum Gasteiger partial charge on any atom is -0.381 e. The lowest BCUT2D eigenvalue weighted by Crippen LogP contribution is -2.37. The molecule has 1 saturated heterocycles. The molecule has 2 atom stereocenters. The Hall–Kier alpha value is -0.580. The lowest BCUT2D eigenvalue weighted by atomic mass is 9.91. The first-order chi connectivity index (χ1) is 8.48. The molecular weight excluding hydrogens is 272 g/mol. The number of halogens is 1. The van der Waals surface area contributed by atoms with Crippen molar-refractivity contribution >= 4 is 19.7 Å². The Balaban J connectivity index is 2.18. The summed E-state index contributed by atoms with van der Waals surface area (Å²) < 4.78 is 28.6. The van der Waals surface area contributed by atoms with Crippen LogP contribution in [0.1, 0.15) is 17.5 Å². The van der Waals surface area contributed by atoms with Gasteiger partial charge in [-0.15, -0.1) is 0 Å². The number of rotatable bonds is 3. The lowest BCUT2D eigenvalue weighted by molar-refractivity contribution is 0.0576. The highest BCUT2D eigenvalue weighted by Gasteiger charge is 2.35. The summed E-state index contributed by atoms with van der Waals surface area (Å²) in [7, 11) is 2.01.